The lowest BCUT2D eigenvalue weighted by Crippen LogP contribution is -1.81. The van der Waals surface area contributed by atoms with Gasteiger partial charge in [-0.25, -0.2) is 4.98 Å². The van der Waals surface area contributed by atoms with Crippen molar-refractivity contribution < 1.29 is 9.21 Å². The number of carbonyl (C=O) groups excluding carboxylic acids is 1. The molecule has 0 aliphatic heterocycles. The number of rotatable bonds is 4. The molecule has 3 nitrogen and oxygen atoms in total. The number of hydrogen-bond donors (Lipinski definition) is 0. The van der Waals surface area contributed by atoms with Crippen molar-refractivity contribution in [1.82, 2.24) is 4.98 Å². The molecule has 0 aliphatic rings. The molecular formula is C21H15NO2S. The molecule has 0 amide bonds. The minimum atomic E-state index is 0.330. The van der Waals surface area contributed by atoms with Crippen LogP contribution in [0, 0.1) is 6.92 Å². The minimum absolute atomic E-state index is 0.330. The number of nitrogens with zero attached hydrogens (tertiary/aromatic N) is 1. The monoisotopic (exact) mass is 345 g/mol. The zero-order chi connectivity index (χ0) is 17.2. The van der Waals surface area contributed by atoms with Crippen LogP contribution < -0.4 is 0 Å². The third-order valence-corrected chi connectivity index (χ3v) is 4.88. The van der Waals surface area contributed by atoms with Gasteiger partial charge in [-0.15, -0.1) is 11.3 Å². The number of aromatic nitrogens is 1. The van der Waals surface area contributed by atoms with Gasteiger partial charge in [-0.2, -0.15) is 0 Å². The molecule has 0 N–H and O–H groups in total. The van der Waals surface area contributed by atoms with Crippen LogP contribution in [0.25, 0.3) is 33.2 Å². The van der Waals surface area contributed by atoms with Crippen molar-refractivity contribution in [3.63, 3.8) is 0 Å². The van der Waals surface area contributed by atoms with Gasteiger partial charge in [0.15, 0.2) is 12.0 Å². The number of aryl methyl sites for hydroxylation is 1. The number of carbonyl (C=O) groups is 1. The molecule has 0 fully saturated rings. The highest BCUT2D eigenvalue weighted by atomic mass is 32.1. The molecule has 25 heavy (non-hydrogen) atoms. The Balaban J connectivity index is 1.67. The van der Waals surface area contributed by atoms with E-state index in [-0.39, 0.29) is 0 Å². The van der Waals surface area contributed by atoms with E-state index in [1.165, 1.54) is 5.56 Å². The van der Waals surface area contributed by atoms with Crippen LogP contribution in [0.2, 0.25) is 0 Å². The molecule has 0 radical (unpaired) electrons. The molecule has 0 saturated heterocycles. The van der Waals surface area contributed by atoms with Gasteiger partial charge in [0.25, 0.3) is 0 Å². The summed E-state index contributed by atoms with van der Waals surface area (Å²) in [6, 6.07) is 19.9. The molecule has 0 saturated carbocycles. The summed E-state index contributed by atoms with van der Waals surface area (Å²) in [4.78, 5) is 15.6. The van der Waals surface area contributed by atoms with Gasteiger partial charge in [0, 0.05) is 22.1 Å². The van der Waals surface area contributed by atoms with Crippen molar-refractivity contribution in [3.8, 4) is 33.2 Å². The smallest absolute Gasteiger partial charge is 0.185 e. The Kier molecular flexibility index (Phi) is 4.04. The zero-order valence-corrected chi connectivity index (χ0v) is 14.4. The predicted octanol–water partition coefficient (Wildman–Crippen LogP) is 5.86. The topological polar surface area (TPSA) is 43.1 Å². The minimum Gasteiger partial charge on any atom is -0.453 e. The lowest BCUT2D eigenvalue weighted by Gasteiger charge is -2.01. The maximum atomic E-state index is 10.8. The molecule has 0 aliphatic carbocycles. The van der Waals surface area contributed by atoms with Crippen LogP contribution in [-0.4, -0.2) is 11.3 Å². The van der Waals surface area contributed by atoms with E-state index in [9.17, 15) is 4.79 Å². The third kappa shape index (κ3) is 3.16. The average Bonchev–Trinajstić information content (AvgIpc) is 3.32. The molecular weight excluding hydrogens is 330 g/mol. The molecule has 4 aromatic rings. The second kappa shape index (κ2) is 6.49. The van der Waals surface area contributed by atoms with E-state index in [0.29, 0.717) is 17.8 Å². The molecule has 2 aromatic heterocycles. The molecule has 0 bridgehead atoms. The van der Waals surface area contributed by atoms with Gasteiger partial charge in [-0.3, -0.25) is 4.79 Å². The molecule has 4 heteroatoms. The molecule has 0 atom stereocenters. The quantitative estimate of drug-likeness (QED) is 0.435. The van der Waals surface area contributed by atoms with Crippen LogP contribution in [-0.2, 0) is 0 Å². The van der Waals surface area contributed by atoms with Crippen molar-refractivity contribution in [2.24, 2.45) is 0 Å². The van der Waals surface area contributed by atoms with E-state index in [0.717, 1.165) is 27.4 Å². The summed E-state index contributed by atoms with van der Waals surface area (Å²) in [6.45, 7) is 2.08. The molecule has 0 spiro atoms. The number of hydrogen-bond acceptors (Lipinski definition) is 4. The Bertz CT molecular complexity index is 1030. The van der Waals surface area contributed by atoms with Crippen molar-refractivity contribution in [1.29, 1.82) is 0 Å². The zero-order valence-electron chi connectivity index (χ0n) is 13.6. The van der Waals surface area contributed by atoms with Gasteiger partial charge < -0.3 is 4.42 Å². The summed E-state index contributed by atoms with van der Waals surface area (Å²) >= 11 is 1.62. The lowest BCUT2D eigenvalue weighted by atomic mass is 10.1. The van der Waals surface area contributed by atoms with Crippen molar-refractivity contribution in [2.75, 3.05) is 0 Å². The molecule has 0 unspecified atom stereocenters. The van der Waals surface area contributed by atoms with E-state index in [2.05, 4.69) is 36.6 Å². The van der Waals surface area contributed by atoms with Crippen LogP contribution in [0.5, 0.6) is 0 Å². The number of furan rings is 1. The fraction of sp³-hybridized carbons (Fsp3) is 0.0476. The summed E-state index contributed by atoms with van der Waals surface area (Å²) in [7, 11) is 0. The fourth-order valence-corrected chi connectivity index (χ4v) is 3.47. The van der Waals surface area contributed by atoms with Gasteiger partial charge in [0.2, 0.25) is 0 Å². The Morgan fingerprint density at radius 2 is 1.76 bits per heavy atom. The number of thiazole rings is 1. The predicted molar refractivity (Wildman–Crippen MR) is 101 cm³/mol. The summed E-state index contributed by atoms with van der Waals surface area (Å²) in [5.41, 5.74) is 5.29. The van der Waals surface area contributed by atoms with Crippen LogP contribution in [0.1, 0.15) is 16.1 Å². The normalized spacial score (nSPS) is 10.8. The van der Waals surface area contributed by atoms with E-state index in [1.54, 1.807) is 17.4 Å². The first kappa shape index (κ1) is 15.5. The van der Waals surface area contributed by atoms with Crippen molar-refractivity contribution in [2.45, 2.75) is 6.92 Å². The van der Waals surface area contributed by atoms with E-state index in [1.807, 2.05) is 30.3 Å². The Hall–Kier alpha value is -2.98. The largest absolute Gasteiger partial charge is 0.453 e. The summed E-state index contributed by atoms with van der Waals surface area (Å²) in [5, 5.41) is 3.03. The SMILES string of the molecule is Cc1ccc(-c2csc(-c3cccc(-c4ccc(C=O)o4)c3)n2)cc1. The highest BCUT2D eigenvalue weighted by Crippen LogP contribution is 2.32. The highest BCUT2D eigenvalue weighted by Gasteiger charge is 2.09. The average molecular weight is 345 g/mol. The van der Waals surface area contributed by atoms with Gasteiger partial charge in [0.05, 0.1) is 5.69 Å². The van der Waals surface area contributed by atoms with E-state index in [4.69, 9.17) is 9.40 Å². The maximum absolute atomic E-state index is 10.8. The van der Waals surface area contributed by atoms with Gasteiger partial charge in [0.1, 0.15) is 10.8 Å². The van der Waals surface area contributed by atoms with Gasteiger partial charge in [-0.1, -0.05) is 48.0 Å². The summed E-state index contributed by atoms with van der Waals surface area (Å²) < 4.78 is 5.51. The third-order valence-electron chi connectivity index (χ3n) is 3.99. The Labute approximate surface area is 149 Å². The maximum Gasteiger partial charge on any atom is 0.185 e. The lowest BCUT2D eigenvalue weighted by molar-refractivity contribution is 0.110. The van der Waals surface area contributed by atoms with Crippen LogP contribution in [0.15, 0.2) is 70.5 Å². The summed E-state index contributed by atoms with van der Waals surface area (Å²) in [6.07, 6.45) is 0.710. The van der Waals surface area contributed by atoms with E-state index < -0.39 is 0 Å². The first-order valence-corrected chi connectivity index (χ1v) is 8.79. The molecule has 2 aromatic carbocycles. The van der Waals surface area contributed by atoms with Crippen LogP contribution >= 0.6 is 11.3 Å². The second-order valence-corrected chi connectivity index (χ2v) is 6.66. The van der Waals surface area contributed by atoms with Crippen molar-refractivity contribution >= 4 is 17.6 Å². The van der Waals surface area contributed by atoms with Crippen LogP contribution in [0.4, 0.5) is 0 Å². The van der Waals surface area contributed by atoms with Crippen LogP contribution in [0.3, 0.4) is 0 Å². The molecule has 2 heterocycles. The van der Waals surface area contributed by atoms with E-state index >= 15 is 0 Å². The Morgan fingerprint density at radius 1 is 0.960 bits per heavy atom. The van der Waals surface area contributed by atoms with Gasteiger partial charge in [-0.05, 0) is 25.1 Å². The van der Waals surface area contributed by atoms with Crippen molar-refractivity contribution in [3.05, 3.63) is 77.4 Å². The summed E-state index contributed by atoms with van der Waals surface area (Å²) in [5.74, 6) is 1.01. The first-order chi connectivity index (χ1) is 12.2. The Morgan fingerprint density at radius 3 is 2.52 bits per heavy atom. The molecule has 4 rings (SSSR count). The second-order valence-electron chi connectivity index (χ2n) is 5.80. The number of benzene rings is 2. The van der Waals surface area contributed by atoms with Gasteiger partial charge >= 0.3 is 0 Å². The first-order valence-electron chi connectivity index (χ1n) is 7.91. The molecule has 122 valence electrons. The fourth-order valence-electron chi connectivity index (χ4n) is 2.64. The standard InChI is InChI=1S/C21H15NO2S/c1-14-5-7-15(8-6-14)19-13-25-21(22-19)17-4-2-3-16(11-17)20-10-9-18(12-23)24-20/h2-13H,1H3. The number of aldehydes is 1. The highest BCUT2D eigenvalue weighted by molar-refractivity contribution is 7.13.